The SMILES string of the molecule is CCN(O)C(=O)CCC1=CC=CC=CO1. The van der Waals surface area contributed by atoms with Gasteiger partial charge in [0.05, 0.1) is 6.26 Å². The van der Waals surface area contributed by atoms with E-state index in [-0.39, 0.29) is 12.3 Å². The first-order valence-corrected chi connectivity index (χ1v) is 4.92. The van der Waals surface area contributed by atoms with Crippen molar-refractivity contribution in [1.29, 1.82) is 0 Å². The van der Waals surface area contributed by atoms with Crippen LogP contribution in [-0.4, -0.2) is 22.7 Å². The number of amides is 1. The zero-order chi connectivity index (χ0) is 11.1. The fourth-order valence-corrected chi connectivity index (χ4v) is 1.12. The smallest absolute Gasteiger partial charge is 0.246 e. The predicted octanol–water partition coefficient (Wildman–Crippen LogP) is 1.99. The molecule has 0 saturated heterocycles. The van der Waals surface area contributed by atoms with Crippen LogP contribution in [0, 0.1) is 0 Å². The number of ether oxygens (including phenoxy) is 1. The molecule has 0 bridgehead atoms. The minimum absolute atomic E-state index is 0.248. The summed E-state index contributed by atoms with van der Waals surface area (Å²) in [5.41, 5.74) is 0. The molecule has 1 aliphatic rings. The lowest BCUT2D eigenvalue weighted by Crippen LogP contribution is -2.26. The second-order valence-electron chi connectivity index (χ2n) is 3.07. The van der Waals surface area contributed by atoms with Gasteiger partial charge >= 0.3 is 0 Å². The van der Waals surface area contributed by atoms with Gasteiger partial charge < -0.3 is 4.74 Å². The summed E-state index contributed by atoms with van der Waals surface area (Å²) in [6.07, 6.45) is 9.58. The van der Waals surface area contributed by atoms with Crippen LogP contribution in [-0.2, 0) is 9.53 Å². The Morgan fingerprint density at radius 2 is 2.27 bits per heavy atom. The maximum atomic E-state index is 11.3. The maximum absolute atomic E-state index is 11.3. The van der Waals surface area contributed by atoms with E-state index in [9.17, 15) is 4.79 Å². The minimum atomic E-state index is -0.292. The molecule has 0 aliphatic carbocycles. The number of hydroxylamine groups is 2. The maximum Gasteiger partial charge on any atom is 0.246 e. The highest BCUT2D eigenvalue weighted by atomic mass is 16.5. The molecule has 15 heavy (non-hydrogen) atoms. The Morgan fingerprint density at radius 3 is 3.00 bits per heavy atom. The lowest BCUT2D eigenvalue weighted by molar-refractivity contribution is -0.164. The summed E-state index contributed by atoms with van der Waals surface area (Å²) in [4.78, 5) is 11.3. The minimum Gasteiger partial charge on any atom is -0.469 e. The van der Waals surface area contributed by atoms with Gasteiger partial charge in [0.15, 0.2) is 0 Å². The highest BCUT2D eigenvalue weighted by Gasteiger charge is 2.09. The van der Waals surface area contributed by atoms with Crippen molar-refractivity contribution in [2.75, 3.05) is 6.54 Å². The average molecular weight is 209 g/mol. The highest BCUT2D eigenvalue weighted by molar-refractivity contribution is 5.75. The lowest BCUT2D eigenvalue weighted by Gasteiger charge is -2.12. The zero-order valence-electron chi connectivity index (χ0n) is 8.72. The van der Waals surface area contributed by atoms with Crippen LogP contribution in [0.25, 0.3) is 0 Å². The molecule has 0 fully saturated rings. The molecule has 0 saturated carbocycles. The van der Waals surface area contributed by atoms with Crippen LogP contribution in [0.5, 0.6) is 0 Å². The van der Waals surface area contributed by atoms with E-state index in [1.807, 2.05) is 12.2 Å². The van der Waals surface area contributed by atoms with Gasteiger partial charge in [-0.25, -0.2) is 5.06 Å². The molecule has 1 amide bonds. The number of nitrogens with zero attached hydrogens (tertiary/aromatic N) is 1. The van der Waals surface area contributed by atoms with Crippen LogP contribution < -0.4 is 0 Å². The van der Waals surface area contributed by atoms with Crippen molar-refractivity contribution in [2.45, 2.75) is 19.8 Å². The van der Waals surface area contributed by atoms with Gasteiger partial charge in [-0.3, -0.25) is 10.0 Å². The number of carbonyl (C=O) groups excluding carboxylic acids is 1. The molecule has 0 aromatic rings. The van der Waals surface area contributed by atoms with Crippen LogP contribution in [0.4, 0.5) is 0 Å². The predicted molar refractivity (Wildman–Crippen MR) is 55.9 cm³/mol. The van der Waals surface area contributed by atoms with Gasteiger partial charge in [0.25, 0.3) is 0 Å². The van der Waals surface area contributed by atoms with Crippen molar-refractivity contribution in [2.24, 2.45) is 0 Å². The molecular formula is C11H15NO3. The molecule has 4 heteroatoms. The van der Waals surface area contributed by atoms with Crippen molar-refractivity contribution < 1.29 is 14.7 Å². The van der Waals surface area contributed by atoms with Crippen LogP contribution in [0.2, 0.25) is 0 Å². The molecule has 0 atom stereocenters. The van der Waals surface area contributed by atoms with E-state index >= 15 is 0 Å². The first kappa shape index (κ1) is 11.5. The molecule has 1 rings (SSSR count). The summed E-state index contributed by atoms with van der Waals surface area (Å²) < 4.78 is 5.23. The van der Waals surface area contributed by atoms with Crippen molar-refractivity contribution in [3.63, 3.8) is 0 Å². The average Bonchev–Trinajstić information content (AvgIpc) is 2.53. The number of carbonyl (C=O) groups is 1. The number of allylic oxidation sites excluding steroid dienone is 5. The summed E-state index contributed by atoms with van der Waals surface area (Å²) in [6.45, 7) is 2.02. The van der Waals surface area contributed by atoms with Gasteiger partial charge in [-0.15, -0.1) is 0 Å². The van der Waals surface area contributed by atoms with Crippen molar-refractivity contribution in [1.82, 2.24) is 5.06 Å². The Hall–Kier alpha value is -1.55. The van der Waals surface area contributed by atoms with Gasteiger partial charge in [0.1, 0.15) is 5.76 Å². The second kappa shape index (κ2) is 6.03. The number of hydrogen-bond acceptors (Lipinski definition) is 3. The van der Waals surface area contributed by atoms with E-state index in [1.165, 1.54) is 0 Å². The molecule has 0 aromatic heterocycles. The summed E-state index contributed by atoms with van der Waals surface area (Å²) in [5, 5.41) is 9.82. The molecule has 82 valence electrons. The third kappa shape index (κ3) is 3.99. The van der Waals surface area contributed by atoms with Crippen molar-refractivity contribution in [3.05, 3.63) is 36.3 Å². The third-order valence-electron chi connectivity index (χ3n) is 1.98. The van der Waals surface area contributed by atoms with Gasteiger partial charge in [0.2, 0.25) is 5.91 Å². The fourth-order valence-electron chi connectivity index (χ4n) is 1.12. The topological polar surface area (TPSA) is 49.8 Å². The third-order valence-corrected chi connectivity index (χ3v) is 1.98. The normalized spacial score (nSPS) is 14.1. The summed E-state index contributed by atoms with van der Waals surface area (Å²) in [7, 11) is 0. The van der Waals surface area contributed by atoms with E-state index in [4.69, 9.17) is 9.94 Å². The highest BCUT2D eigenvalue weighted by Crippen LogP contribution is 2.11. The largest absolute Gasteiger partial charge is 0.469 e. The monoisotopic (exact) mass is 209 g/mol. The van der Waals surface area contributed by atoms with Gasteiger partial charge in [-0.1, -0.05) is 12.2 Å². The van der Waals surface area contributed by atoms with E-state index in [1.54, 1.807) is 25.3 Å². The lowest BCUT2D eigenvalue weighted by atomic mass is 10.2. The Kier molecular flexibility index (Phi) is 4.63. The standard InChI is InChI=1S/C11H15NO3/c1-2-12(14)11(13)8-7-10-6-4-3-5-9-15-10/h3-6,9,14H,2,7-8H2,1H3. The number of rotatable bonds is 4. The summed E-state index contributed by atoms with van der Waals surface area (Å²) in [6, 6.07) is 0. The van der Waals surface area contributed by atoms with Gasteiger partial charge in [0, 0.05) is 19.4 Å². The molecule has 0 spiro atoms. The van der Waals surface area contributed by atoms with Gasteiger partial charge in [-0.2, -0.15) is 0 Å². The zero-order valence-corrected chi connectivity index (χ0v) is 8.72. The van der Waals surface area contributed by atoms with E-state index in [0.29, 0.717) is 18.0 Å². The Bertz CT molecular complexity index is 305. The molecule has 1 heterocycles. The van der Waals surface area contributed by atoms with Crippen LogP contribution >= 0.6 is 0 Å². The Morgan fingerprint density at radius 1 is 1.47 bits per heavy atom. The fraction of sp³-hybridized carbons (Fsp3) is 0.364. The quantitative estimate of drug-likeness (QED) is 0.569. The first-order chi connectivity index (χ1) is 7.24. The number of hydrogen-bond donors (Lipinski definition) is 1. The molecule has 1 aliphatic heterocycles. The first-order valence-electron chi connectivity index (χ1n) is 4.92. The molecule has 0 radical (unpaired) electrons. The van der Waals surface area contributed by atoms with Gasteiger partial charge in [-0.05, 0) is 19.1 Å². The van der Waals surface area contributed by atoms with Crippen LogP contribution in [0.15, 0.2) is 36.3 Å². The second-order valence-corrected chi connectivity index (χ2v) is 3.07. The van der Waals surface area contributed by atoms with E-state index < -0.39 is 0 Å². The van der Waals surface area contributed by atoms with Crippen LogP contribution in [0.1, 0.15) is 19.8 Å². The Balaban J connectivity index is 2.37. The van der Waals surface area contributed by atoms with E-state index in [0.717, 1.165) is 5.76 Å². The summed E-state index contributed by atoms with van der Waals surface area (Å²) >= 11 is 0. The Labute approximate surface area is 89.1 Å². The van der Waals surface area contributed by atoms with Crippen molar-refractivity contribution >= 4 is 5.91 Å². The molecule has 1 N–H and O–H groups in total. The molecule has 0 aromatic carbocycles. The van der Waals surface area contributed by atoms with Crippen molar-refractivity contribution in [3.8, 4) is 0 Å². The molecule has 4 nitrogen and oxygen atoms in total. The van der Waals surface area contributed by atoms with Crippen LogP contribution in [0.3, 0.4) is 0 Å². The molecular weight excluding hydrogens is 194 g/mol. The summed E-state index contributed by atoms with van der Waals surface area (Å²) in [5.74, 6) is 0.428. The van der Waals surface area contributed by atoms with E-state index in [2.05, 4.69) is 0 Å². The molecule has 0 unspecified atom stereocenters.